The van der Waals surface area contributed by atoms with Crippen molar-refractivity contribution in [3.63, 3.8) is 0 Å². The number of rotatable bonds is 3. The molecule has 1 aromatic carbocycles. The van der Waals surface area contributed by atoms with E-state index >= 15 is 0 Å². The van der Waals surface area contributed by atoms with Gasteiger partial charge in [-0.2, -0.15) is 5.26 Å². The Balaban J connectivity index is 2.37. The lowest BCUT2D eigenvalue weighted by molar-refractivity contribution is 0.600. The molecule has 19 heavy (non-hydrogen) atoms. The largest absolute Gasteiger partial charge is 0.276 e. The van der Waals surface area contributed by atoms with Crippen LogP contribution in [-0.2, 0) is 10.0 Å². The first-order valence-electron chi connectivity index (χ1n) is 4.91. The summed E-state index contributed by atoms with van der Waals surface area (Å²) in [6.45, 7) is 0. The second-order valence-electron chi connectivity index (χ2n) is 3.44. The fourth-order valence-electron chi connectivity index (χ4n) is 1.30. The number of thiophene rings is 1. The lowest BCUT2D eigenvalue weighted by Gasteiger charge is -2.07. The van der Waals surface area contributed by atoms with Crippen LogP contribution in [0.1, 0.15) is 4.88 Å². The first-order chi connectivity index (χ1) is 8.94. The minimum atomic E-state index is -3.92. The quantitative estimate of drug-likeness (QED) is 0.945. The van der Waals surface area contributed by atoms with Crippen molar-refractivity contribution in [2.75, 3.05) is 4.72 Å². The summed E-state index contributed by atoms with van der Waals surface area (Å²) in [6, 6.07) is 8.51. The topological polar surface area (TPSA) is 70.0 Å². The molecule has 2 rings (SSSR count). The van der Waals surface area contributed by atoms with Crippen LogP contribution in [-0.4, -0.2) is 8.42 Å². The zero-order valence-corrected chi connectivity index (χ0v) is 11.6. The molecule has 0 unspecified atom stereocenters. The van der Waals surface area contributed by atoms with Crippen molar-refractivity contribution >= 4 is 38.6 Å². The van der Waals surface area contributed by atoms with Gasteiger partial charge in [0.1, 0.15) is 15.2 Å². The third kappa shape index (κ3) is 2.87. The number of hydrogen-bond acceptors (Lipinski definition) is 4. The number of sulfonamides is 1. The highest BCUT2D eigenvalue weighted by Crippen LogP contribution is 2.27. The monoisotopic (exact) mass is 316 g/mol. The molecular weight excluding hydrogens is 311 g/mol. The Kier molecular flexibility index (Phi) is 3.75. The zero-order valence-electron chi connectivity index (χ0n) is 9.22. The Hall–Kier alpha value is -1.62. The van der Waals surface area contributed by atoms with Gasteiger partial charge in [-0.25, -0.2) is 12.8 Å². The van der Waals surface area contributed by atoms with Crippen molar-refractivity contribution in [1.82, 2.24) is 0 Å². The van der Waals surface area contributed by atoms with E-state index in [0.717, 1.165) is 11.3 Å². The minimum absolute atomic E-state index is 0.0663. The molecule has 0 aliphatic heterocycles. The number of nitriles is 1. The number of nitrogens with zero attached hydrogens (tertiary/aromatic N) is 1. The van der Waals surface area contributed by atoms with Crippen LogP contribution < -0.4 is 4.72 Å². The van der Waals surface area contributed by atoms with Crippen LogP contribution in [0.2, 0.25) is 5.02 Å². The molecule has 98 valence electrons. The average Bonchev–Trinajstić information content (AvgIpc) is 2.84. The first-order valence-corrected chi connectivity index (χ1v) is 7.58. The molecular formula is C11H6ClFN2O2S2. The summed E-state index contributed by atoms with van der Waals surface area (Å²) >= 11 is 6.37. The molecule has 0 saturated carbocycles. The lowest BCUT2D eigenvalue weighted by atomic mass is 10.3. The summed E-state index contributed by atoms with van der Waals surface area (Å²) < 4.78 is 39.6. The normalized spacial score (nSPS) is 11.0. The molecule has 0 fully saturated rings. The van der Waals surface area contributed by atoms with Gasteiger partial charge in [-0.05, 0) is 24.3 Å². The van der Waals surface area contributed by atoms with E-state index in [-0.39, 0.29) is 19.8 Å². The van der Waals surface area contributed by atoms with Crippen molar-refractivity contribution in [2.24, 2.45) is 0 Å². The molecule has 0 amide bonds. The van der Waals surface area contributed by atoms with Gasteiger partial charge in [-0.3, -0.25) is 4.72 Å². The van der Waals surface area contributed by atoms with E-state index in [1.54, 1.807) is 0 Å². The van der Waals surface area contributed by atoms with Crippen molar-refractivity contribution in [3.05, 3.63) is 46.0 Å². The van der Waals surface area contributed by atoms with Gasteiger partial charge in [-0.15, -0.1) is 11.3 Å². The molecule has 0 atom stereocenters. The number of anilines is 1. The Morgan fingerprint density at radius 2 is 2.05 bits per heavy atom. The van der Waals surface area contributed by atoms with Gasteiger partial charge >= 0.3 is 0 Å². The van der Waals surface area contributed by atoms with E-state index < -0.39 is 15.8 Å². The second-order valence-corrected chi connectivity index (χ2v) is 6.84. The average molecular weight is 317 g/mol. The highest BCUT2D eigenvalue weighted by molar-refractivity contribution is 7.94. The van der Waals surface area contributed by atoms with Gasteiger partial charge in [0.25, 0.3) is 10.0 Å². The van der Waals surface area contributed by atoms with Gasteiger partial charge in [-0.1, -0.05) is 17.7 Å². The van der Waals surface area contributed by atoms with Crippen LogP contribution in [0.3, 0.4) is 0 Å². The standard InChI is InChI=1S/C11H6ClFN2O2S2/c12-8-2-1-3-9(11(8)13)15-19(16,17)10-5-4-7(6-14)18-10/h1-5,15H. The SMILES string of the molecule is N#Cc1ccc(S(=O)(=O)Nc2cccc(Cl)c2F)s1. The molecule has 1 N–H and O–H groups in total. The van der Waals surface area contributed by atoms with E-state index in [1.165, 1.54) is 30.3 Å². The van der Waals surface area contributed by atoms with E-state index in [9.17, 15) is 12.8 Å². The zero-order chi connectivity index (χ0) is 14.0. The highest BCUT2D eigenvalue weighted by atomic mass is 35.5. The molecule has 4 nitrogen and oxygen atoms in total. The number of hydrogen-bond donors (Lipinski definition) is 1. The predicted octanol–water partition coefficient (Wildman–Crippen LogP) is 3.21. The molecule has 1 aromatic heterocycles. The van der Waals surface area contributed by atoms with Crippen molar-refractivity contribution < 1.29 is 12.8 Å². The summed E-state index contributed by atoms with van der Waals surface area (Å²) in [6.07, 6.45) is 0. The van der Waals surface area contributed by atoms with Crippen LogP contribution in [0.5, 0.6) is 0 Å². The molecule has 0 radical (unpaired) electrons. The first kappa shape index (κ1) is 13.8. The lowest BCUT2D eigenvalue weighted by Crippen LogP contribution is -2.12. The minimum Gasteiger partial charge on any atom is -0.276 e. The number of nitrogens with one attached hydrogen (secondary N) is 1. The third-order valence-corrected chi connectivity index (χ3v) is 5.29. The summed E-state index contributed by atoms with van der Waals surface area (Å²) in [4.78, 5) is 0.256. The molecule has 8 heteroatoms. The van der Waals surface area contributed by atoms with Gasteiger partial charge in [0.2, 0.25) is 0 Å². The molecule has 0 aliphatic rings. The summed E-state index contributed by atoms with van der Waals surface area (Å²) in [5, 5.41) is 8.48. The Bertz CT molecular complexity index is 765. The second kappa shape index (κ2) is 5.17. The fraction of sp³-hybridized carbons (Fsp3) is 0. The smallest absolute Gasteiger partial charge is 0.271 e. The maximum atomic E-state index is 13.6. The summed E-state index contributed by atoms with van der Waals surface area (Å²) in [5.41, 5.74) is -0.237. The summed E-state index contributed by atoms with van der Waals surface area (Å²) in [7, 11) is -3.92. The number of benzene rings is 1. The van der Waals surface area contributed by atoms with Gasteiger partial charge < -0.3 is 0 Å². The predicted molar refractivity (Wildman–Crippen MR) is 71.3 cm³/mol. The Morgan fingerprint density at radius 1 is 1.32 bits per heavy atom. The van der Waals surface area contributed by atoms with Crippen molar-refractivity contribution in [2.45, 2.75) is 4.21 Å². The van der Waals surface area contributed by atoms with Crippen LogP contribution in [0.4, 0.5) is 10.1 Å². The van der Waals surface area contributed by atoms with Crippen molar-refractivity contribution in [1.29, 1.82) is 5.26 Å². The van der Waals surface area contributed by atoms with Crippen LogP contribution >= 0.6 is 22.9 Å². The third-order valence-electron chi connectivity index (χ3n) is 2.15. The van der Waals surface area contributed by atoms with E-state index in [2.05, 4.69) is 4.72 Å². The Morgan fingerprint density at radius 3 is 2.68 bits per heavy atom. The number of halogens is 2. The summed E-state index contributed by atoms with van der Waals surface area (Å²) in [5.74, 6) is -0.843. The van der Waals surface area contributed by atoms with Crippen LogP contribution in [0.15, 0.2) is 34.5 Å². The maximum Gasteiger partial charge on any atom is 0.271 e. The van der Waals surface area contributed by atoms with Gasteiger partial charge in [0, 0.05) is 0 Å². The molecule has 0 spiro atoms. The molecule has 0 saturated heterocycles. The molecule has 1 heterocycles. The van der Waals surface area contributed by atoms with Gasteiger partial charge in [0.05, 0.1) is 10.7 Å². The maximum absolute atomic E-state index is 13.6. The fourth-order valence-corrected chi connectivity index (χ4v) is 3.64. The van der Waals surface area contributed by atoms with Crippen LogP contribution in [0.25, 0.3) is 0 Å². The molecule has 0 aliphatic carbocycles. The Labute approximate surface area is 118 Å². The van der Waals surface area contributed by atoms with Gasteiger partial charge in [0.15, 0.2) is 5.82 Å². The highest BCUT2D eigenvalue weighted by Gasteiger charge is 2.19. The molecule has 0 bridgehead atoms. The van der Waals surface area contributed by atoms with Crippen molar-refractivity contribution in [3.8, 4) is 6.07 Å². The van der Waals surface area contributed by atoms with Crippen LogP contribution in [0, 0.1) is 17.1 Å². The molecule has 2 aromatic rings. The van der Waals surface area contributed by atoms with E-state index in [1.807, 2.05) is 6.07 Å². The van der Waals surface area contributed by atoms with E-state index in [0.29, 0.717) is 0 Å². The van der Waals surface area contributed by atoms with E-state index in [4.69, 9.17) is 16.9 Å².